The zero-order chi connectivity index (χ0) is 11.8. The lowest BCUT2D eigenvalue weighted by Gasteiger charge is -2.40. The first kappa shape index (κ1) is 11.8. The van der Waals surface area contributed by atoms with Gasteiger partial charge in [0, 0.05) is 16.9 Å². The lowest BCUT2D eigenvalue weighted by molar-refractivity contribution is 0.144. The molecule has 1 aromatic rings. The van der Waals surface area contributed by atoms with Gasteiger partial charge in [0.1, 0.15) is 5.82 Å². The van der Waals surface area contributed by atoms with Gasteiger partial charge in [-0.25, -0.2) is 4.98 Å². The van der Waals surface area contributed by atoms with E-state index in [0.717, 1.165) is 23.8 Å². The maximum atomic E-state index is 9.36. The Kier molecular flexibility index (Phi) is 2.92. The van der Waals surface area contributed by atoms with Crippen LogP contribution < -0.4 is 5.32 Å². The van der Waals surface area contributed by atoms with Gasteiger partial charge in [-0.3, -0.25) is 0 Å². The molecule has 90 valence electrons. The van der Waals surface area contributed by atoms with Gasteiger partial charge in [-0.2, -0.15) is 4.37 Å². The number of anilines is 1. The molecule has 1 fully saturated rings. The van der Waals surface area contributed by atoms with Crippen LogP contribution in [0.3, 0.4) is 0 Å². The minimum Gasteiger partial charge on any atom is -0.394 e. The van der Waals surface area contributed by atoms with Crippen molar-refractivity contribution in [3.63, 3.8) is 0 Å². The fourth-order valence-corrected chi connectivity index (χ4v) is 2.61. The monoisotopic (exact) mass is 241 g/mol. The average molecular weight is 241 g/mol. The Labute approximate surface area is 100 Å². The normalized spacial score (nSPS) is 19.2. The molecule has 0 amide bonds. The lowest BCUT2D eigenvalue weighted by atomic mass is 9.77. The summed E-state index contributed by atoms with van der Waals surface area (Å²) < 4.78 is 4.35. The van der Waals surface area contributed by atoms with Gasteiger partial charge in [-0.15, -0.1) is 0 Å². The molecule has 0 spiro atoms. The molecule has 1 heterocycles. The standard InChI is InChI=1S/C11H19N3OS/c1-10(2,3)8-12-9(16-14-8)13-11(7-15)5-4-6-11/h15H,4-7H2,1-3H3,(H,12,13,14). The number of aromatic nitrogens is 2. The highest BCUT2D eigenvalue weighted by Crippen LogP contribution is 2.35. The van der Waals surface area contributed by atoms with Gasteiger partial charge in [0.15, 0.2) is 0 Å². The molecule has 0 saturated heterocycles. The molecule has 2 rings (SSSR count). The molecule has 2 N–H and O–H groups in total. The second kappa shape index (κ2) is 3.96. The smallest absolute Gasteiger partial charge is 0.203 e. The van der Waals surface area contributed by atoms with Crippen LogP contribution in [0, 0.1) is 0 Å². The summed E-state index contributed by atoms with van der Waals surface area (Å²) in [6.07, 6.45) is 3.22. The van der Waals surface area contributed by atoms with E-state index >= 15 is 0 Å². The molecular formula is C11H19N3OS. The summed E-state index contributed by atoms with van der Waals surface area (Å²) in [6, 6.07) is 0. The van der Waals surface area contributed by atoms with Crippen molar-refractivity contribution in [2.75, 3.05) is 11.9 Å². The second-order valence-corrected chi connectivity index (χ2v) is 6.34. The molecule has 1 aromatic heterocycles. The molecule has 4 nitrogen and oxygen atoms in total. The Balaban J connectivity index is 2.08. The zero-order valence-electron chi connectivity index (χ0n) is 10.1. The first-order chi connectivity index (χ1) is 7.45. The van der Waals surface area contributed by atoms with Crippen LogP contribution in [0.25, 0.3) is 0 Å². The summed E-state index contributed by atoms with van der Waals surface area (Å²) in [5, 5.41) is 13.5. The highest BCUT2D eigenvalue weighted by molar-refractivity contribution is 7.09. The Morgan fingerprint density at radius 1 is 1.44 bits per heavy atom. The number of nitrogens with zero attached hydrogens (tertiary/aromatic N) is 2. The molecule has 16 heavy (non-hydrogen) atoms. The quantitative estimate of drug-likeness (QED) is 0.851. The predicted octanol–water partition coefficient (Wildman–Crippen LogP) is 2.16. The summed E-state index contributed by atoms with van der Waals surface area (Å²) in [6.45, 7) is 6.48. The van der Waals surface area contributed by atoms with E-state index in [4.69, 9.17) is 0 Å². The van der Waals surface area contributed by atoms with Crippen LogP contribution in [0.2, 0.25) is 0 Å². The van der Waals surface area contributed by atoms with Gasteiger partial charge in [-0.1, -0.05) is 20.8 Å². The molecule has 1 aliphatic rings. The first-order valence-electron chi connectivity index (χ1n) is 5.68. The van der Waals surface area contributed by atoms with Crippen molar-refractivity contribution in [1.29, 1.82) is 0 Å². The highest BCUT2D eigenvalue weighted by atomic mass is 32.1. The Morgan fingerprint density at radius 2 is 2.12 bits per heavy atom. The van der Waals surface area contributed by atoms with Crippen molar-refractivity contribution in [3.05, 3.63) is 5.82 Å². The van der Waals surface area contributed by atoms with E-state index in [9.17, 15) is 5.11 Å². The fraction of sp³-hybridized carbons (Fsp3) is 0.818. The third kappa shape index (κ3) is 2.20. The number of rotatable bonds is 3. The summed E-state index contributed by atoms with van der Waals surface area (Å²) in [5.41, 5.74) is -0.142. The summed E-state index contributed by atoms with van der Waals surface area (Å²) >= 11 is 1.38. The third-order valence-corrected chi connectivity index (χ3v) is 3.71. The van der Waals surface area contributed by atoms with Gasteiger partial charge < -0.3 is 10.4 Å². The van der Waals surface area contributed by atoms with Crippen LogP contribution in [0.15, 0.2) is 0 Å². The van der Waals surface area contributed by atoms with Gasteiger partial charge in [0.2, 0.25) is 5.13 Å². The van der Waals surface area contributed by atoms with Crippen molar-refractivity contribution in [2.45, 2.75) is 51.0 Å². The molecule has 0 radical (unpaired) electrons. The number of hydrogen-bond acceptors (Lipinski definition) is 5. The van der Waals surface area contributed by atoms with Crippen molar-refractivity contribution in [2.24, 2.45) is 0 Å². The van der Waals surface area contributed by atoms with Crippen molar-refractivity contribution < 1.29 is 5.11 Å². The Morgan fingerprint density at radius 3 is 2.50 bits per heavy atom. The Hall–Kier alpha value is -0.680. The summed E-state index contributed by atoms with van der Waals surface area (Å²) in [4.78, 5) is 4.48. The van der Waals surface area contributed by atoms with E-state index in [1.807, 2.05) is 0 Å². The SMILES string of the molecule is CC(C)(C)c1nsc(NC2(CO)CCC2)n1. The van der Waals surface area contributed by atoms with Crippen molar-refractivity contribution >= 4 is 16.7 Å². The summed E-state index contributed by atoms with van der Waals surface area (Å²) in [5.74, 6) is 0.868. The zero-order valence-corrected chi connectivity index (χ0v) is 10.9. The maximum Gasteiger partial charge on any atom is 0.203 e. The topological polar surface area (TPSA) is 58.0 Å². The first-order valence-corrected chi connectivity index (χ1v) is 6.46. The van der Waals surface area contributed by atoms with Crippen LogP contribution in [0.1, 0.15) is 45.9 Å². The third-order valence-electron chi connectivity index (χ3n) is 3.08. The van der Waals surface area contributed by atoms with E-state index in [1.54, 1.807) is 0 Å². The predicted molar refractivity (Wildman–Crippen MR) is 65.9 cm³/mol. The van der Waals surface area contributed by atoms with Crippen LogP contribution in [0.5, 0.6) is 0 Å². The molecule has 0 atom stereocenters. The lowest BCUT2D eigenvalue weighted by Crippen LogP contribution is -2.48. The van der Waals surface area contributed by atoms with Crippen LogP contribution >= 0.6 is 11.5 Å². The van der Waals surface area contributed by atoms with E-state index in [-0.39, 0.29) is 17.6 Å². The van der Waals surface area contributed by atoms with Gasteiger partial charge in [0.05, 0.1) is 12.1 Å². The Bertz CT molecular complexity index is 360. The van der Waals surface area contributed by atoms with Crippen molar-refractivity contribution in [1.82, 2.24) is 9.36 Å². The molecule has 1 saturated carbocycles. The number of nitrogens with one attached hydrogen (secondary N) is 1. The van der Waals surface area contributed by atoms with E-state index < -0.39 is 0 Å². The summed E-state index contributed by atoms with van der Waals surface area (Å²) in [7, 11) is 0. The van der Waals surface area contributed by atoms with Gasteiger partial charge >= 0.3 is 0 Å². The molecule has 0 aliphatic heterocycles. The minimum atomic E-state index is -0.130. The van der Waals surface area contributed by atoms with Gasteiger partial charge in [-0.05, 0) is 19.3 Å². The molecule has 0 aromatic carbocycles. The highest BCUT2D eigenvalue weighted by Gasteiger charge is 2.37. The molecule has 0 unspecified atom stereocenters. The molecule has 5 heteroatoms. The molecule has 1 aliphatic carbocycles. The van der Waals surface area contributed by atoms with Gasteiger partial charge in [0.25, 0.3) is 0 Å². The minimum absolute atomic E-state index is 0.0115. The van der Waals surface area contributed by atoms with Crippen LogP contribution in [-0.2, 0) is 5.41 Å². The second-order valence-electron chi connectivity index (χ2n) is 5.59. The van der Waals surface area contributed by atoms with E-state index in [2.05, 4.69) is 35.4 Å². The number of hydrogen-bond donors (Lipinski definition) is 2. The fourth-order valence-electron chi connectivity index (χ4n) is 1.73. The largest absolute Gasteiger partial charge is 0.394 e. The van der Waals surface area contributed by atoms with Crippen LogP contribution in [0.4, 0.5) is 5.13 Å². The molecule has 0 bridgehead atoms. The maximum absolute atomic E-state index is 9.36. The molecular weight excluding hydrogens is 222 g/mol. The van der Waals surface area contributed by atoms with Crippen LogP contribution in [-0.4, -0.2) is 26.6 Å². The van der Waals surface area contributed by atoms with E-state index in [0.29, 0.717) is 0 Å². The number of aliphatic hydroxyl groups excluding tert-OH is 1. The van der Waals surface area contributed by atoms with E-state index in [1.165, 1.54) is 18.0 Å². The average Bonchev–Trinajstić information content (AvgIpc) is 2.58. The number of aliphatic hydroxyl groups is 1. The van der Waals surface area contributed by atoms with Crippen molar-refractivity contribution in [3.8, 4) is 0 Å².